The standard InChI is InChI=1S/C18H15BrClNO3/c1-24-18(23)15-10-21(9-11-4-2-3-5-13(11)15)17(22)14-7-6-12(20)8-16(14)19/h2-8,15H,9-10H2,1H3. The summed E-state index contributed by atoms with van der Waals surface area (Å²) in [6, 6.07) is 12.7. The van der Waals surface area contributed by atoms with Gasteiger partial charge in [-0.3, -0.25) is 9.59 Å². The number of hydrogen-bond acceptors (Lipinski definition) is 3. The van der Waals surface area contributed by atoms with Crippen molar-refractivity contribution >= 4 is 39.4 Å². The molecule has 0 fully saturated rings. The zero-order valence-electron chi connectivity index (χ0n) is 13.0. The molecule has 3 rings (SSSR count). The Labute approximate surface area is 153 Å². The SMILES string of the molecule is COC(=O)C1CN(C(=O)c2ccc(Cl)cc2Br)Cc2ccccc21. The Kier molecular flexibility index (Phi) is 4.92. The van der Waals surface area contributed by atoms with E-state index in [1.165, 1.54) is 7.11 Å². The minimum atomic E-state index is -0.477. The Morgan fingerprint density at radius 2 is 2.00 bits per heavy atom. The van der Waals surface area contributed by atoms with Crippen molar-refractivity contribution in [1.29, 1.82) is 0 Å². The molecule has 1 aliphatic rings. The third kappa shape index (κ3) is 3.19. The van der Waals surface area contributed by atoms with Crippen LogP contribution in [0.3, 0.4) is 0 Å². The summed E-state index contributed by atoms with van der Waals surface area (Å²) in [5.74, 6) is -0.966. The molecule has 1 aliphatic heterocycles. The summed E-state index contributed by atoms with van der Waals surface area (Å²) < 4.78 is 5.55. The molecule has 4 nitrogen and oxygen atoms in total. The zero-order chi connectivity index (χ0) is 17.3. The number of ether oxygens (including phenoxy) is 1. The largest absolute Gasteiger partial charge is 0.468 e. The second-order valence-electron chi connectivity index (χ2n) is 5.58. The van der Waals surface area contributed by atoms with Crippen LogP contribution in [-0.2, 0) is 16.1 Å². The Bertz CT molecular complexity index is 809. The average molecular weight is 409 g/mol. The Balaban J connectivity index is 1.95. The van der Waals surface area contributed by atoms with Crippen LogP contribution in [0.1, 0.15) is 27.4 Å². The second-order valence-corrected chi connectivity index (χ2v) is 6.88. The molecule has 0 bridgehead atoms. The molecule has 0 spiro atoms. The van der Waals surface area contributed by atoms with Crippen LogP contribution >= 0.6 is 27.5 Å². The number of halogens is 2. The van der Waals surface area contributed by atoms with Gasteiger partial charge in [0, 0.05) is 22.6 Å². The highest BCUT2D eigenvalue weighted by atomic mass is 79.9. The van der Waals surface area contributed by atoms with E-state index in [9.17, 15) is 9.59 Å². The number of methoxy groups -OCH3 is 1. The predicted molar refractivity (Wildman–Crippen MR) is 95.1 cm³/mol. The van der Waals surface area contributed by atoms with Gasteiger partial charge in [0.1, 0.15) is 0 Å². The number of carbonyl (C=O) groups is 2. The van der Waals surface area contributed by atoms with E-state index >= 15 is 0 Å². The highest BCUT2D eigenvalue weighted by Crippen LogP contribution is 2.31. The van der Waals surface area contributed by atoms with Gasteiger partial charge in [0.25, 0.3) is 5.91 Å². The molecule has 124 valence electrons. The number of benzene rings is 2. The fraction of sp³-hybridized carbons (Fsp3) is 0.222. The van der Waals surface area contributed by atoms with E-state index in [-0.39, 0.29) is 18.4 Å². The van der Waals surface area contributed by atoms with Crippen molar-refractivity contribution < 1.29 is 14.3 Å². The summed E-state index contributed by atoms with van der Waals surface area (Å²) in [5.41, 5.74) is 2.39. The van der Waals surface area contributed by atoms with Crippen molar-refractivity contribution in [2.75, 3.05) is 13.7 Å². The third-order valence-electron chi connectivity index (χ3n) is 4.13. The molecule has 0 saturated heterocycles. The van der Waals surface area contributed by atoms with E-state index in [0.29, 0.717) is 21.6 Å². The van der Waals surface area contributed by atoms with Gasteiger partial charge in [0.05, 0.1) is 18.6 Å². The van der Waals surface area contributed by atoms with Crippen LogP contribution in [-0.4, -0.2) is 30.4 Å². The monoisotopic (exact) mass is 407 g/mol. The van der Waals surface area contributed by atoms with Crippen LogP contribution in [0.15, 0.2) is 46.9 Å². The minimum absolute atomic E-state index is 0.151. The lowest BCUT2D eigenvalue weighted by Crippen LogP contribution is -2.41. The first-order valence-electron chi connectivity index (χ1n) is 7.41. The summed E-state index contributed by atoms with van der Waals surface area (Å²) in [4.78, 5) is 26.7. The molecule has 1 heterocycles. The highest BCUT2D eigenvalue weighted by molar-refractivity contribution is 9.10. The molecular formula is C18H15BrClNO3. The molecule has 6 heteroatoms. The minimum Gasteiger partial charge on any atom is -0.468 e. The van der Waals surface area contributed by atoms with Gasteiger partial charge in [-0.25, -0.2) is 0 Å². The summed E-state index contributed by atoms with van der Waals surface area (Å²) in [5, 5.41) is 0.551. The van der Waals surface area contributed by atoms with E-state index in [2.05, 4.69) is 15.9 Å². The molecule has 2 aromatic carbocycles. The van der Waals surface area contributed by atoms with Gasteiger partial charge >= 0.3 is 5.97 Å². The van der Waals surface area contributed by atoms with Crippen molar-refractivity contribution in [3.8, 4) is 0 Å². The quantitative estimate of drug-likeness (QED) is 0.705. The van der Waals surface area contributed by atoms with Crippen LogP contribution in [0.4, 0.5) is 0 Å². The Morgan fingerprint density at radius 3 is 2.71 bits per heavy atom. The fourth-order valence-electron chi connectivity index (χ4n) is 2.94. The molecule has 0 radical (unpaired) electrons. The first kappa shape index (κ1) is 17.0. The number of carbonyl (C=O) groups excluding carboxylic acids is 2. The number of fused-ring (bicyclic) bond motifs is 1. The number of nitrogens with zero attached hydrogens (tertiary/aromatic N) is 1. The lowest BCUT2D eigenvalue weighted by molar-refractivity contribution is -0.143. The van der Waals surface area contributed by atoms with Crippen LogP contribution in [0.5, 0.6) is 0 Å². The van der Waals surface area contributed by atoms with Gasteiger partial charge in [-0.15, -0.1) is 0 Å². The summed E-state index contributed by atoms with van der Waals surface area (Å²) in [6.45, 7) is 0.745. The lowest BCUT2D eigenvalue weighted by Gasteiger charge is -2.33. The molecule has 2 aromatic rings. The van der Waals surface area contributed by atoms with Crippen LogP contribution in [0, 0.1) is 0 Å². The highest BCUT2D eigenvalue weighted by Gasteiger charge is 2.33. The van der Waals surface area contributed by atoms with Crippen molar-refractivity contribution in [1.82, 2.24) is 4.90 Å². The molecule has 0 aromatic heterocycles. The van der Waals surface area contributed by atoms with E-state index in [1.807, 2.05) is 24.3 Å². The van der Waals surface area contributed by atoms with Crippen molar-refractivity contribution in [3.63, 3.8) is 0 Å². The normalized spacial score (nSPS) is 16.5. The first-order valence-corrected chi connectivity index (χ1v) is 8.58. The van der Waals surface area contributed by atoms with E-state index in [1.54, 1.807) is 23.1 Å². The van der Waals surface area contributed by atoms with Crippen LogP contribution < -0.4 is 0 Å². The lowest BCUT2D eigenvalue weighted by atomic mass is 9.89. The number of esters is 1. The van der Waals surface area contributed by atoms with Crippen molar-refractivity contribution in [2.45, 2.75) is 12.5 Å². The summed E-state index contributed by atoms with van der Waals surface area (Å²) >= 11 is 9.32. The molecule has 0 saturated carbocycles. The molecular weight excluding hydrogens is 394 g/mol. The molecule has 1 atom stereocenters. The maximum Gasteiger partial charge on any atom is 0.314 e. The molecule has 1 unspecified atom stereocenters. The van der Waals surface area contributed by atoms with E-state index in [4.69, 9.17) is 16.3 Å². The van der Waals surface area contributed by atoms with Crippen molar-refractivity contribution in [3.05, 3.63) is 68.7 Å². The van der Waals surface area contributed by atoms with Gasteiger partial charge in [-0.2, -0.15) is 0 Å². The molecule has 1 amide bonds. The van der Waals surface area contributed by atoms with E-state index in [0.717, 1.165) is 11.1 Å². The van der Waals surface area contributed by atoms with Gasteiger partial charge in [-0.05, 0) is 45.3 Å². The van der Waals surface area contributed by atoms with E-state index < -0.39 is 5.92 Å². The van der Waals surface area contributed by atoms with Crippen LogP contribution in [0.25, 0.3) is 0 Å². The Hall–Kier alpha value is -1.85. The second kappa shape index (κ2) is 6.95. The summed E-state index contributed by atoms with van der Waals surface area (Å²) in [7, 11) is 1.36. The third-order valence-corrected chi connectivity index (χ3v) is 5.02. The first-order chi connectivity index (χ1) is 11.5. The van der Waals surface area contributed by atoms with Gasteiger partial charge in [0.15, 0.2) is 0 Å². The van der Waals surface area contributed by atoms with Gasteiger partial charge in [-0.1, -0.05) is 35.9 Å². The fourth-order valence-corrected chi connectivity index (χ4v) is 3.79. The maximum absolute atomic E-state index is 12.9. The maximum atomic E-state index is 12.9. The summed E-state index contributed by atoms with van der Waals surface area (Å²) in [6.07, 6.45) is 0. The zero-order valence-corrected chi connectivity index (χ0v) is 15.3. The molecule has 0 N–H and O–H groups in total. The Morgan fingerprint density at radius 1 is 1.25 bits per heavy atom. The van der Waals surface area contributed by atoms with Crippen LogP contribution in [0.2, 0.25) is 5.02 Å². The number of amides is 1. The molecule has 0 aliphatic carbocycles. The average Bonchev–Trinajstić information content (AvgIpc) is 2.59. The molecule has 24 heavy (non-hydrogen) atoms. The topological polar surface area (TPSA) is 46.6 Å². The van der Waals surface area contributed by atoms with Gasteiger partial charge in [0.2, 0.25) is 0 Å². The predicted octanol–water partition coefficient (Wildman–Crippen LogP) is 4.02. The number of hydrogen-bond donors (Lipinski definition) is 0. The smallest absolute Gasteiger partial charge is 0.314 e. The van der Waals surface area contributed by atoms with Gasteiger partial charge < -0.3 is 9.64 Å². The number of rotatable bonds is 2. The van der Waals surface area contributed by atoms with Crippen molar-refractivity contribution in [2.24, 2.45) is 0 Å².